The van der Waals surface area contributed by atoms with Crippen LogP contribution in [0.1, 0.15) is 22.9 Å². The molecule has 0 unspecified atom stereocenters. The van der Waals surface area contributed by atoms with Crippen molar-refractivity contribution >= 4 is 11.6 Å². The van der Waals surface area contributed by atoms with E-state index >= 15 is 0 Å². The third-order valence-electron chi connectivity index (χ3n) is 4.79. The van der Waals surface area contributed by atoms with E-state index in [0.717, 1.165) is 11.3 Å². The van der Waals surface area contributed by atoms with Crippen molar-refractivity contribution in [1.82, 2.24) is 25.1 Å². The Hall–Kier alpha value is -3.03. The maximum atomic E-state index is 6.21. The van der Waals surface area contributed by atoms with Gasteiger partial charge in [-0.15, -0.1) is 5.10 Å². The third kappa shape index (κ3) is 2.98. The lowest BCUT2D eigenvalue weighted by atomic mass is 10.1. The molecule has 2 aromatic carbocycles. The molecule has 5 rings (SSSR count). The molecule has 0 spiro atoms. The molecular weight excluding hydrogens is 378 g/mol. The van der Waals surface area contributed by atoms with Crippen LogP contribution >= 0.6 is 11.6 Å². The van der Waals surface area contributed by atoms with Gasteiger partial charge in [-0.2, -0.15) is 4.98 Å². The Labute approximate surface area is 165 Å². The average Bonchev–Trinajstić information content (AvgIpc) is 3.35. The van der Waals surface area contributed by atoms with E-state index in [1.54, 1.807) is 6.07 Å². The van der Waals surface area contributed by atoms with Gasteiger partial charge in [-0.3, -0.25) is 0 Å². The quantitative estimate of drug-likeness (QED) is 0.518. The van der Waals surface area contributed by atoms with Gasteiger partial charge in [0.1, 0.15) is 6.10 Å². The first-order valence-electron chi connectivity index (χ1n) is 8.88. The number of aromatic nitrogens is 5. The molecule has 0 N–H and O–H groups in total. The summed E-state index contributed by atoms with van der Waals surface area (Å²) in [5.74, 6) is 0.713. The molecule has 0 saturated carbocycles. The van der Waals surface area contributed by atoms with Gasteiger partial charge in [-0.1, -0.05) is 63.9 Å². The van der Waals surface area contributed by atoms with E-state index in [-0.39, 0.29) is 6.10 Å². The highest BCUT2D eigenvalue weighted by molar-refractivity contribution is 6.33. The Bertz CT molecular complexity index is 1140. The molecule has 1 aliphatic rings. The van der Waals surface area contributed by atoms with E-state index in [0.29, 0.717) is 41.1 Å². The Kier molecular flexibility index (Phi) is 4.18. The summed E-state index contributed by atoms with van der Waals surface area (Å²) in [7, 11) is 0. The fourth-order valence-electron chi connectivity index (χ4n) is 3.23. The van der Waals surface area contributed by atoms with Gasteiger partial charge in [0.2, 0.25) is 5.82 Å². The van der Waals surface area contributed by atoms with Crippen molar-refractivity contribution in [3.63, 3.8) is 0 Å². The second-order valence-electron chi connectivity index (χ2n) is 6.68. The minimum absolute atomic E-state index is 0.0633. The first kappa shape index (κ1) is 17.1. The molecule has 0 saturated heterocycles. The summed E-state index contributed by atoms with van der Waals surface area (Å²) in [6, 6.07) is 15.6. The second-order valence-corrected chi connectivity index (χ2v) is 7.09. The van der Waals surface area contributed by atoms with Crippen molar-refractivity contribution in [3.05, 3.63) is 70.4 Å². The Balaban J connectivity index is 1.43. The van der Waals surface area contributed by atoms with Gasteiger partial charge in [0.25, 0.3) is 5.89 Å². The number of halogens is 1. The van der Waals surface area contributed by atoms with Crippen molar-refractivity contribution in [2.45, 2.75) is 26.2 Å². The van der Waals surface area contributed by atoms with Crippen LogP contribution in [-0.2, 0) is 17.9 Å². The molecule has 7 nitrogen and oxygen atoms in total. The lowest BCUT2D eigenvalue weighted by Crippen LogP contribution is -2.22. The van der Waals surface area contributed by atoms with Crippen LogP contribution in [0.15, 0.2) is 53.1 Å². The maximum Gasteiger partial charge on any atom is 0.259 e. The fourth-order valence-corrected chi connectivity index (χ4v) is 3.45. The largest absolute Gasteiger partial charge is 0.365 e. The molecule has 0 amide bonds. The number of hydrogen-bond donors (Lipinski definition) is 0. The summed E-state index contributed by atoms with van der Waals surface area (Å²) in [6.07, 6.45) is -0.0633. The van der Waals surface area contributed by atoms with Crippen LogP contribution in [-0.4, -0.2) is 25.1 Å². The number of ether oxygens (including phenoxy) is 1. The molecule has 8 heteroatoms. The minimum atomic E-state index is -0.0633. The first-order valence-corrected chi connectivity index (χ1v) is 9.26. The van der Waals surface area contributed by atoms with E-state index in [9.17, 15) is 0 Å². The van der Waals surface area contributed by atoms with Gasteiger partial charge in [0.15, 0.2) is 5.69 Å². The molecule has 1 atom stereocenters. The van der Waals surface area contributed by atoms with Gasteiger partial charge < -0.3 is 9.26 Å². The summed E-state index contributed by atoms with van der Waals surface area (Å²) >= 11 is 6.21. The van der Waals surface area contributed by atoms with E-state index < -0.39 is 0 Å². The second kappa shape index (κ2) is 6.85. The van der Waals surface area contributed by atoms with E-state index in [2.05, 4.69) is 51.6 Å². The van der Waals surface area contributed by atoms with Crippen molar-refractivity contribution in [1.29, 1.82) is 0 Å². The minimum Gasteiger partial charge on any atom is -0.365 e. The summed E-state index contributed by atoms with van der Waals surface area (Å²) in [5, 5.41) is 13.1. The van der Waals surface area contributed by atoms with Crippen LogP contribution in [0, 0.1) is 6.92 Å². The van der Waals surface area contributed by atoms with Gasteiger partial charge in [-0.25, -0.2) is 4.68 Å². The summed E-state index contributed by atoms with van der Waals surface area (Å²) in [4.78, 5) is 4.45. The molecule has 1 aliphatic heterocycles. The monoisotopic (exact) mass is 393 g/mol. The summed E-state index contributed by atoms with van der Waals surface area (Å²) in [5.41, 5.74) is 4.41. The zero-order chi connectivity index (χ0) is 19.1. The maximum absolute atomic E-state index is 6.21. The lowest BCUT2D eigenvalue weighted by molar-refractivity contribution is -0.00112. The summed E-state index contributed by atoms with van der Waals surface area (Å²) in [6.45, 7) is 3.02. The van der Waals surface area contributed by atoms with Gasteiger partial charge in [0.05, 0.1) is 29.4 Å². The van der Waals surface area contributed by atoms with E-state index in [4.69, 9.17) is 20.9 Å². The zero-order valence-corrected chi connectivity index (χ0v) is 15.8. The van der Waals surface area contributed by atoms with E-state index in [1.165, 1.54) is 5.56 Å². The normalized spacial score (nSPS) is 16.1. The highest BCUT2D eigenvalue weighted by Gasteiger charge is 2.27. The highest BCUT2D eigenvalue weighted by Crippen LogP contribution is 2.32. The predicted octanol–water partition coefficient (Wildman–Crippen LogP) is 4.23. The Morgan fingerprint density at radius 1 is 1.11 bits per heavy atom. The molecule has 0 fully saturated rings. The average molecular weight is 394 g/mol. The first-order chi connectivity index (χ1) is 13.7. The molecule has 140 valence electrons. The van der Waals surface area contributed by atoms with Crippen LogP contribution in [0.2, 0.25) is 5.02 Å². The lowest BCUT2D eigenvalue weighted by Gasteiger charge is -2.24. The number of nitrogens with zero attached hydrogens (tertiary/aromatic N) is 5. The molecule has 4 aromatic rings. The molecular formula is C20H16ClN5O2. The zero-order valence-electron chi connectivity index (χ0n) is 15.0. The number of fused-ring (bicyclic) bond motifs is 1. The van der Waals surface area contributed by atoms with Crippen molar-refractivity contribution in [3.8, 4) is 23.0 Å². The standard InChI is InChI=1S/C20H16ClN5O2/c1-12-6-8-13(9-7-12)17-10-26-16(11-27-17)18(23-25-26)19-22-20(28-24-19)14-4-2-3-5-15(14)21/h2-9,17H,10-11H2,1H3/t17-/m1/s1. The van der Waals surface area contributed by atoms with Gasteiger partial charge in [0, 0.05) is 0 Å². The molecule has 0 radical (unpaired) electrons. The van der Waals surface area contributed by atoms with E-state index in [1.807, 2.05) is 22.9 Å². The van der Waals surface area contributed by atoms with Crippen LogP contribution < -0.4 is 0 Å². The molecule has 3 heterocycles. The van der Waals surface area contributed by atoms with Crippen LogP contribution in [0.4, 0.5) is 0 Å². The molecule has 0 aliphatic carbocycles. The number of benzene rings is 2. The number of aryl methyl sites for hydroxylation is 1. The SMILES string of the molecule is Cc1ccc([C@H]2Cn3nnc(-c4noc(-c5ccccc5Cl)n4)c3CO2)cc1. The summed E-state index contributed by atoms with van der Waals surface area (Å²) < 4.78 is 13.3. The van der Waals surface area contributed by atoms with Crippen LogP contribution in [0.3, 0.4) is 0 Å². The topological polar surface area (TPSA) is 78.9 Å². The van der Waals surface area contributed by atoms with Crippen molar-refractivity contribution in [2.75, 3.05) is 0 Å². The van der Waals surface area contributed by atoms with Crippen LogP contribution in [0.25, 0.3) is 23.0 Å². The Morgan fingerprint density at radius 3 is 2.75 bits per heavy atom. The molecule has 0 bridgehead atoms. The Morgan fingerprint density at radius 2 is 1.93 bits per heavy atom. The van der Waals surface area contributed by atoms with Crippen molar-refractivity contribution in [2.24, 2.45) is 0 Å². The van der Waals surface area contributed by atoms with Crippen LogP contribution in [0.5, 0.6) is 0 Å². The molecule has 28 heavy (non-hydrogen) atoms. The number of rotatable bonds is 3. The van der Waals surface area contributed by atoms with Gasteiger partial charge in [-0.05, 0) is 24.6 Å². The fraction of sp³-hybridized carbons (Fsp3) is 0.200. The number of hydrogen-bond acceptors (Lipinski definition) is 6. The van der Waals surface area contributed by atoms with Gasteiger partial charge >= 0.3 is 0 Å². The molecule has 2 aromatic heterocycles. The van der Waals surface area contributed by atoms with Crippen molar-refractivity contribution < 1.29 is 9.26 Å². The third-order valence-corrected chi connectivity index (χ3v) is 5.12. The highest BCUT2D eigenvalue weighted by atomic mass is 35.5. The predicted molar refractivity (Wildman–Crippen MR) is 102 cm³/mol. The smallest absolute Gasteiger partial charge is 0.259 e.